The molecule has 3 radical (unpaired) electrons. The van der Waals surface area contributed by atoms with Gasteiger partial charge >= 0.3 is 0 Å². The molecule has 0 fully saturated rings. The molecule has 35 valence electrons. The molecule has 0 aromatic carbocycles. The summed E-state index contributed by atoms with van der Waals surface area (Å²) in [5.41, 5.74) is 0. The van der Waals surface area contributed by atoms with Gasteiger partial charge in [-0.25, -0.2) is 0 Å². The Labute approximate surface area is 55.2 Å². The Kier molecular flexibility index (Phi) is 2.84. The molecule has 0 spiro atoms. The average Bonchev–Trinajstić information content (AvgIpc) is 1.35. The van der Waals surface area contributed by atoms with Gasteiger partial charge in [-0.15, -0.1) is 34.8 Å². The van der Waals surface area contributed by atoms with Gasteiger partial charge in [0.05, 0.1) is 16.1 Å². The SMILES string of the molecule is [Si]C(Cl)(Cl)CCl. The number of hydrogen-bond acceptors (Lipinski definition) is 0. The Bertz CT molecular complexity index is 38.5. The summed E-state index contributed by atoms with van der Waals surface area (Å²) in [4.78, 5) is 0. The van der Waals surface area contributed by atoms with E-state index in [2.05, 4.69) is 10.2 Å². The molecular weight excluding hydrogens is 158 g/mol. The summed E-state index contributed by atoms with van der Waals surface area (Å²) in [6.45, 7) is 0. The van der Waals surface area contributed by atoms with Crippen molar-refractivity contribution >= 4 is 45.0 Å². The molecule has 0 saturated heterocycles. The fraction of sp³-hybridized carbons (Fsp3) is 1.00. The van der Waals surface area contributed by atoms with E-state index in [9.17, 15) is 0 Å². The van der Waals surface area contributed by atoms with Gasteiger partial charge in [-0.05, 0) is 0 Å². The second-order valence-corrected chi connectivity index (χ2v) is 4.08. The monoisotopic (exact) mass is 159 g/mol. The molecule has 0 aromatic rings. The van der Waals surface area contributed by atoms with Crippen LogP contribution in [0, 0.1) is 0 Å². The third-order valence-corrected chi connectivity index (χ3v) is 1.51. The van der Waals surface area contributed by atoms with Crippen molar-refractivity contribution in [2.24, 2.45) is 0 Å². The van der Waals surface area contributed by atoms with Crippen LogP contribution in [0.15, 0.2) is 0 Å². The van der Waals surface area contributed by atoms with Crippen LogP contribution in [0.25, 0.3) is 0 Å². The quantitative estimate of drug-likeness (QED) is 0.403. The fourth-order valence-corrected chi connectivity index (χ4v) is 0. The molecule has 6 heavy (non-hydrogen) atoms. The van der Waals surface area contributed by atoms with Crippen molar-refractivity contribution in [2.45, 2.75) is 3.96 Å². The van der Waals surface area contributed by atoms with E-state index in [1.165, 1.54) is 0 Å². The molecule has 0 aliphatic carbocycles. The molecule has 0 nitrogen and oxygen atoms in total. The van der Waals surface area contributed by atoms with Gasteiger partial charge in [0.15, 0.2) is 0 Å². The summed E-state index contributed by atoms with van der Waals surface area (Å²) in [6, 6.07) is 0. The van der Waals surface area contributed by atoms with Crippen molar-refractivity contribution in [1.29, 1.82) is 0 Å². The van der Waals surface area contributed by atoms with E-state index in [4.69, 9.17) is 34.8 Å². The first-order valence-corrected chi connectivity index (χ1v) is 3.04. The molecule has 0 unspecified atom stereocenters. The van der Waals surface area contributed by atoms with E-state index in [-0.39, 0.29) is 5.88 Å². The maximum Gasteiger partial charge on any atom is 0.113 e. The molecular formula is C2H2Cl3Si. The lowest BCUT2D eigenvalue weighted by Crippen LogP contribution is -2.12. The Morgan fingerprint density at radius 2 is 1.67 bits per heavy atom. The van der Waals surface area contributed by atoms with Gasteiger partial charge in [0.2, 0.25) is 0 Å². The number of halogens is 3. The van der Waals surface area contributed by atoms with Crippen LogP contribution in [0.2, 0.25) is 0 Å². The van der Waals surface area contributed by atoms with Crippen LogP contribution in [0.5, 0.6) is 0 Å². The fourth-order valence-electron chi connectivity index (χ4n) is 0. The maximum atomic E-state index is 5.26. The minimum Gasteiger partial charge on any atom is -0.124 e. The van der Waals surface area contributed by atoms with Gasteiger partial charge in [0.25, 0.3) is 0 Å². The van der Waals surface area contributed by atoms with Crippen LogP contribution in [-0.2, 0) is 0 Å². The molecule has 0 aromatic heterocycles. The second-order valence-electron chi connectivity index (χ2n) is 0.838. The van der Waals surface area contributed by atoms with Crippen LogP contribution in [0.4, 0.5) is 0 Å². The normalized spacial score (nSPS) is 12.0. The minimum atomic E-state index is -0.943. The van der Waals surface area contributed by atoms with E-state index >= 15 is 0 Å². The summed E-state index contributed by atoms with van der Waals surface area (Å²) in [6.07, 6.45) is 0. The van der Waals surface area contributed by atoms with E-state index in [1.54, 1.807) is 0 Å². The summed E-state index contributed by atoms with van der Waals surface area (Å²) < 4.78 is -0.943. The van der Waals surface area contributed by atoms with Gasteiger partial charge < -0.3 is 0 Å². The van der Waals surface area contributed by atoms with Gasteiger partial charge in [-0.1, -0.05) is 0 Å². The van der Waals surface area contributed by atoms with Crippen molar-refractivity contribution in [3.05, 3.63) is 0 Å². The first kappa shape index (κ1) is 7.09. The molecule has 0 heterocycles. The molecule has 0 rings (SSSR count). The number of rotatable bonds is 1. The van der Waals surface area contributed by atoms with Crippen LogP contribution in [-0.4, -0.2) is 20.1 Å². The van der Waals surface area contributed by atoms with E-state index in [1.807, 2.05) is 0 Å². The smallest absolute Gasteiger partial charge is 0.113 e. The van der Waals surface area contributed by atoms with Crippen molar-refractivity contribution < 1.29 is 0 Å². The molecule has 0 aliphatic rings. The van der Waals surface area contributed by atoms with Gasteiger partial charge in [-0.2, -0.15) is 0 Å². The number of hydrogen-bond donors (Lipinski definition) is 0. The Morgan fingerprint density at radius 1 is 1.50 bits per heavy atom. The van der Waals surface area contributed by atoms with Crippen molar-refractivity contribution in [1.82, 2.24) is 0 Å². The Balaban J connectivity index is 3.17. The highest BCUT2D eigenvalue weighted by Crippen LogP contribution is 2.16. The van der Waals surface area contributed by atoms with Crippen molar-refractivity contribution in [2.75, 3.05) is 5.88 Å². The molecule has 0 bridgehead atoms. The average molecular weight is 160 g/mol. The van der Waals surface area contributed by atoms with Crippen molar-refractivity contribution in [3.63, 3.8) is 0 Å². The topological polar surface area (TPSA) is 0 Å². The molecule has 0 atom stereocenters. The second kappa shape index (κ2) is 2.41. The van der Waals surface area contributed by atoms with E-state index in [0.29, 0.717) is 0 Å². The zero-order valence-electron chi connectivity index (χ0n) is 2.84. The first-order valence-electron chi connectivity index (χ1n) is 1.25. The molecule has 4 heteroatoms. The molecule has 0 amide bonds. The van der Waals surface area contributed by atoms with Gasteiger partial charge in [0, 0.05) is 0 Å². The Morgan fingerprint density at radius 3 is 1.67 bits per heavy atom. The van der Waals surface area contributed by atoms with Crippen molar-refractivity contribution in [3.8, 4) is 0 Å². The van der Waals surface area contributed by atoms with Crippen LogP contribution < -0.4 is 0 Å². The molecule has 0 aliphatic heterocycles. The minimum absolute atomic E-state index is 0.188. The zero-order chi connectivity index (χ0) is 5.21. The third-order valence-electron chi connectivity index (χ3n) is 0.168. The maximum absolute atomic E-state index is 5.26. The highest BCUT2D eigenvalue weighted by atomic mass is 35.5. The predicted octanol–water partition coefficient (Wildman–Crippen LogP) is 1.53. The molecule has 0 saturated carbocycles. The summed E-state index contributed by atoms with van der Waals surface area (Å²) in [5.74, 6) is 0.188. The number of alkyl halides is 3. The van der Waals surface area contributed by atoms with Crippen LogP contribution in [0.1, 0.15) is 0 Å². The summed E-state index contributed by atoms with van der Waals surface area (Å²) in [5, 5.41) is 0. The van der Waals surface area contributed by atoms with E-state index < -0.39 is 3.96 Å². The van der Waals surface area contributed by atoms with Crippen LogP contribution >= 0.6 is 34.8 Å². The summed E-state index contributed by atoms with van der Waals surface area (Å²) in [7, 11) is 2.92. The highest BCUT2D eigenvalue weighted by Gasteiger charge is 2.12. The predicted molar refractivity (Wildman–Crippen MR) is 30.9 cm³/mol. The Hall–Kier alpha value is 1.09. The largest absolute Gasteiger partial charge is 0.124 e. The van der Waals surface area contributed by atoms with Crippen LogP contribution in [0.3, 0.4) is 0 Å². The summed E-state index contributed by atoms with van der Waals surface area (Å²) >= 11 is 15.7. The van der Waals surface area contributed by atoms with E-state index in [0.717, 1.165) is 0 Å². The lowest BCUT2D eigenvalue weighted by molar-refractivity contribution is 1.28. The first-order chi connectivity index (χ1) is 2.56. The third kappa shape index (κ3) is 5.09. The van der Waals surface area contributed by atoms with Gasteiger partial charge in [0.1, 0.15) is 3.96 Å². The lowest BCUT2D eigenvalue weighted by atomic mass is 10.9. The zero-order valence-corrected chi connectivity index (χ0v) is 6.11. The highest BCUT2D eigenvalue weighted by molar-refractivity contribution is 6.67. The molecule has 0 N–H and O–H groups in total. The van der Waals surface area contributed by atoms with Gasteiger partial charge in [-0.3, -0.25) is 0 Å². The standard InChI is InChI=1S/C2H2Cl3Si/c3-1-2(4,5)6/h1H2. The lowest BCUT2D eigenvalue weighted by Gasteiger charge is -2.03.